The Morgan fingerprint density at radius 1 is 1.05 bits per heavy atom. The second-order valence-corrected chi connectivity index (χ2v) is 10.7. The molecule has 0 atom stereocenters. The Balaban J connectivity index is 1.16. The first-order valence-electron chi connectivity index (χ1n) is 12.4. The predicted molar refractivity (Wildman–Crippen MR) is 147 cm³/mol. The number of aromatic nitrogens is 2. The minimum Gasteiger partial charge on any atom is -0.495 e. The normalized spacial score (nSPS) is 16.8. The van der Waals surface area contributed by atoms with E-state index >= 15 is 0 Å². The van der Waals surface area contributed by atoms with E-state index in [0.29, 0.717) is 50.1 Å². The monoisotopic (exact) mass is 542 g/mol. The number of nitrogens with one attached hydrogen (secondary N) is 1. The molecule has 2 fully saturated rings. The predicted octanol–water partition coefficient (Wildman–Crippen LogP) is 2.71. The first kappa shape index (κ1) is 25.6. The summed E-state index contributed by atoms with van der Waals surface area (Å²) in [6.07, 6.45) is 0.444. The maximum absolute atomic E-state index is 12.6. The minimum absolute atomic E-state index is 0.145. The van der Waals surface area contributed by atoms with Crippen LogP contribution in [0, 0.1) is 0 Å². The number of nitrogens with zero attached hydrogens (tertiary/aromatic N) is 5. The number of carbonyl (C=O) groups excluding carboxylic acids is 1. The molecule has 11 heteroatoms. The second kappa shape index (κ2) is 11.5. The third-order valence-electron chi connectivity index (χ3n) is 6.86. The molecule has 0 aliphatic carbocycles. The van der Waals surface area contributed by atoms with E-state index in [1.807, 2.05) is 40.6 Å². The molecule has 0 radical (unpaired) electrons. The molecular formula is C26H31ClN6O3S. The highest BCUT2D eigenvalue weighted by molar-refractivity contribution is 7.10. The van der Waals surface area contributed by atoms with Gasteiger partial charge in [0, 0.05) is 74.9 Å². The number of H-pyrrole nitrogens is 1. The zero-order valence-electron chi connectivity index (χ0n) is 20.9. The van der Waals surface area contributed by atoms with Crippen molar-refractivity contribution >= 4 is 40.5 Å². The Kier molecular flexibility index (Phi) is 7.97. The number of aromatic amines is 1. The van der Waals surface area contributed by atoms with Crippen LogP contribution in [0.5, 0.6) is 5.75 Å². The fraction of sp³-hybridized carbons (Fsp3) is 0.423. The van der Waals surface area contributed by atoms with Gasteiger partial charge >= 0.3 is 0 Å². The lowest BCUT2D eigenvalue weighted by Gasteiger charge is -2.37. The van der Waals surface area contributed by atoms with Gasteiger partial charge in [0.05, 0.1) is 24.9 Å². The van der Waals surface area contributed by atoms with Crippen molar-refractivity contribution < 1.29 is 9.53 Å². The summed E-state index contributed by atoms with van der Waals surface area (Å²) in [4.78, 5) is 42.3. The summed E-state index contributed by atoms with van der Waals surface area (Å²) < 4.78 is 5.51. The van der Waals surface area contributed by atoms with Gasteiger partial charge in [-0.05, 0) is 29.6 Å². The van der Waals surface area contributed by atoms with Crippen molar-refractivity contribution in [1.29, 1.82) is 0 Å². The number of methoxy groups -OCH3 is 1. The van der Waals surface area contributed by atoms with E-state index in [1.54, 1.807) is 24.5 Å². The first-order valence-corrected chi connectivity index (χ1v) is 13.7. The zero-order chi connectivity index (χ0) is 25.8. The Morgan fingerprint density at radius 2 is 1.81 bits per heavy atom. The third-order valence-corrected chi connectivity index (χ3v) is 7.97. The average Bonchev–Trinajstić information content (AvgIpc) is 3.42. The van der Waals surface area contributed by atoms with Gasteiger partial charge in [-0.1, -0.05) is 17.7 Å². The molecule has 1 aromatic carbocycles. The Morgan fingerprint density at radius 3 is 2.51 bits per heavy atom. The summed E-state index contributed by atoms with van der Waals surface area (Å²) >= 11 is 7.82. The SMILES string of the molecule is COc1ccc(Cl)cc1N1CCN(Cc2cc(=O)[nH]c(N3CCN(C(=O)Cc4cccs4)CC3)n2)CC1. The summed E-state index contributed by atoms with van der Waals surface area (Å²) in [7, 11) is 1.67. The number of anilines is 2. The van der Waals surface area contributed by atoms with Crippen LogP contribution in [-0.4, -0.2) is 85.1 Å². The Bertz CT molecular complexity index is 1270. The lowest BCUT2D eigenvalue weighted by atomic mass is 10.2. The summed E-state index contributed by atoms with van der Waals surface area (Å²) in [5, 5.41) is 2.68. The molecule has 0 bridgehead atoms. The van der Waals surface area contributed by atoms with Crippen LogP contribution in [0.2, 0.25) is 5.02 Å². The molecule has 2 saturated heterocycles. The van der Waals surface area contributed by atoms with Gasteiger partial charge in [-0.25, -0.2) is 4.98 Å². The molecular weight excluding hydrogens is 512 g/mol. The molecule has 37 heavy (non-hydrogen) atoms. The zero-order valence-corrected chi connectivity index (χ0v) is 22.4. The smallest absolute Gasteiger partial charge is 0.252 e. The molecule has 2 aliphatic heterocycles. The van der Waals surface area contributed by atoms with E-state index in [9.17, 15) is 9.59 Å². The largest absolute Gasteiger partial charge is 0.495 e. The third kappa shape index (κ3) is 6.26. The highest BCUT2D eigenvalue weighted by atomic mass is 35.5. The van der Waals surface area contributed by atoms with Gasteiger partial charge in [-0.3, -0.25) is 19.5 Å². The molecule has 5 rings (SSSR count). The number of hydrogen-bond acceptors (Lipinski definition) is 8. The van der Waals surface area contributed by atoms with Crippen LogP contribution in [0.15, 0.2) is 46.6 Å². The van der Waals surface area contributed by atoms with Crippen molar-refractivity contribution in [1.82, 2.24) is 19.8 Å². The van der Waals surface area contributed by atoms with Gasteiger partial charge in [0.25, 0.3) is 5.56 Å². The summed E-state index contributed by atoms with van der Waals surface area (Å²) in [6, 6.07) is 11.2. The van der Waals surface area contributed by atoms with Crippen LogP contribution in [0.25, 0.3) is 0 Å². The van der Waals surface area contributed by atoms with Gasteiger partial charge in [-0.15, -0.1) is 11.3 Å². The van der Waals surface area contributed by atoms with Crippen molar-refractivity contribution in [2.75, 3.05) is 69.3 Å². The quantitative estimate of drug-likeness (QED) is 0.491. The van der Waals surface area contributed by atoms with Crippen LogP contribution in [0.1, 0.15) is 10.6 Å². The van der Waals surface area contributed by atoms with Gasteiger partial charge in [0.2, 0.25) is 11.9 Å². The van der Waals surface area contributed by atoms with E-state index in [0.717, 1.165) is 48.2 Å². The van der Waals surface area contributed by atoms with E-state index in [1.165, 1.54) is 0 Å². The van der Waals surface area contributed by atoms with E-state index < -0.39 is 0 Å². The number of ether oxygens (including phenoxy) is 1. The summed E-state index contributed by atoms with van der Waals surface area (Å²) in [5.74, 6) is 1.54. The van der Waals surface area contributed by atoms with E-state index in [2.05, 4.69) is 19.7 Å². The maximum Gasteiger partial charge on any atom is 0.252 e. The van der Waals surface area contributed by atoms with Crippen LogP contribution >= 0.6 is 22.9 Å². The van der Waals surface area contributed by atoms with E-state index in [-0.39, 0.29) is 11.5 Å². The molecule has 0 saturated carbocycles. The number of thiophene rings is 1. The molecule has 4 heterocycles. The lowest BCUT2D eigenvalue weighted by Crippen LogP contribution is -2.50. The van der Waals surface area contributed by atoms with Gasteiger partial charge < -0.3 is 19.4 Å². The number of rotatable bonds is 7. The van der Waals surface area contributed by atoms with Crippen molar-refractivity contribution in [3.05, 3.63) is 67.7 Å². The number of halogens is 1. The van der Waals surface area contributed by atoms with Crippen molar-refractivity contribution in [2.45, 2.75) is 13.0 Å². The van der Waals surface area contributed by atoms with Crippen molar-refractivity contribution in [3.8, 4) is 5.75 Å². The molecule has 196 valence electrons. The highest BCUT2D eigenvalue weighted by Crippen LogP contribution is 2.32. The van der Waals surface area contributed by atoms with Crippen LogP contribution in [0.3, 0.4) is 0 Å². The number of carbonyl (C=O) groups is 1. The average molecular weight is 543 g/mol. The standard InChI is InChI=1S/C26H31ClN6O3S/c1-36-23-5-4-19(27)15-22(23)31-8-6-30(7-9-31)18-20-16-24(34)29-26(28-20)33-12-10-32(11-13-33)25(35)17-21-3-2-14-37-21/h2-5,14-16H,6-13,17-18H2,1H3,(H,28,29,34). The molecule has 3 aromatic rings. The van der Waals surface area contributed by atoms with Gasteiger partial charge in [-0.2, -0.15) is 0 Å². The Hall–Kier alpha value is -3.08. The minimum atomic E-state index is -0.154. The van der Waals surface area contributed by atoms with Crippen molar-refractivity contribution in [3.63, 3.8) is 0 Å². The number of amides is 1. The Labute approximate surface area is 225 Å². The number of hydrogen-bond donors (Lipinski definition) is 1. The van der Waals surface area contributed by atoms with Crippen molar-refractivity contribution in [2.24, 2.45) is 0 Å². The first-order chi connectivity index (χ1) is 18.0. The van der Waals surface area contributed by atoms with Crippen LogP contribution < -0.4 is 20.1 Å². The summed E-state index contributed by atoms with van der Waals surface area (Å²) in [6.45, 7) is 6.46. The van der Waals surface area contributed by atoms with E-state index in [4.69, 9.17) is 21.3 Å². The van der Waals surface area contributed by atoms with Gasteiger partial charge in [0.1, 0.15) is 5.75 Å². The van der Waals surface area contributed by atoms with Crippen LogP contribution in [0.4, 0.5) is 11.6 Å². The fourth-order valence-electron chi connectivity index (χ4n) is 4.85. The molecule has 2 aromatic heterocycles. The maximum atomic E-state index is 12.6. The number of piperazine rings is 2. The number of benzene rings is 1. The molecule has 1 amide bonds. The molecule has 1 N–H and O–H groups in total. The molecule has 2 aliphatic rings. The highest BCUT2D eigenvalue weighted by Gasteiger charge is 2.24. The molecule has 9 nitrogen and oxygen atoms in total. The van der Waals surface area contributed by atoms with Gasteiger partial charge in [0.15, 0.2) is 0 Å². The topological polar surface area (TPSA) is 85.0 Å². The molecule has 0 unspecified atom stereocenters. The van der Waals surface area contributed by atoms with Crippen LogP contribution in [-0.2, 0) is 17.8 Å². The lowest BCUT2D eigenvalue weighted by molar-refractivity contribution is -0.130. The second-order valence-electron chi connectivity index (χ2n) is 9.26. The summed E-state index contributed by atoms with van der Waals surface area (Å²) in [5.41, 5.74) is 1.60. The fourth-order valence-corrected chi connectivity index (χ4v) is 5.71. The molecule has 0 spiro atoms.